The molecule has 4 nitrogen and oxygen atoms in total. The Balaban J connectivity index is 2.18. The summed E-state index contributed by atoms with van der Waals surface area (Å²) >= 11 is 0. The third-order valence-electron chi connectivity index (χ3n) is 3.18. The molecule has 82 valence electrons. The number of oxime groups is 1. The minimum atomic E-state index is 0.287. The molecule has 0 spiro atoms. The van der Waals surface area contributed by atoms with Gasteiger partial charge in [0.2, 0.25) is 0 Å². The fraction of sp³-hybridized carbons (Fsp3) is 0.900. The highest BCUT2D eigenvalue weighted by Crippen LogP contribution is 2.47. The van der Waals surface area contributed by atoms with Gasteiger partial charge in [0.25, 0.3) is 0 Å². The number of nitrogens with one attached hydrogen (secondary N) is 1. The second-order valence-electron chi connectivity index (χ2n) is 4.43. The van der Waals surface area contributed by atoms with Crippen LogP contribution in [0.5, 0.6) is 0 Å². The van der Waals surface area contributed by atoms with Gasteiger partial charge in [-0.15, -0.1) is 0 Å². The van der Waals surface area contributed by atoms with Gasteiger partial charge in [-0.05, 0) is 31.6 Å². The van der Waals surface area contributed by atoms with Gasteiger partial charge in [0.05, 0.1) is 0 Å². The third kappa shape index (κ3) is 3.18. The zero-order chi connectivity index (χ0) is 10.6. The molecule has 1 unspecified atom stereocenters. The van der Waals surface area contributed by atoms with Gasteiger partial charge in [-0.2, -0.15) is 0 Å². The van der Waals surface area contributed by atoms with E-state index in [1.54, 1.807) is 0 Å². The molecular formula is C10H21N3O. The van der Waals surface area contributed by atoms with Crippen molar-refractivity contribution in [2.75, 3.05) is 6.54 Å². The highest BCUT2D eigenvalue weighted by Gasteiger charge is 2.40. The van der Waals surface area contributed by atoms with Gasteiger partial charge in [-0.25, -0.2) is 0 Å². The van der Waals surface area contributed by atoms with E-state index in [0.29, 0.717) is 17.7 Å². The van der Waals surface area contributed by atoms with Crippen LogP contribution in [0.4, 0.5) is 0 Å². The van der Waals surface area contributed by atoms with Crippen molar-refractivity contribution in [3.63, 3.8) is 0 Å². The Labute approximate surface area is 85.6 Å². The largest absolute Gasteiger partial charge is 0.409 e. The Bertz CT molecular complexity index is 211. The molecule has 0 heterocycles. The molecule has 0 aromatic rings. The summed E-state index contributed by atoms with van der Waals surface area (Å²) in [5.41, 5.74) is 5.98. The summed E-state index contributed by atoms with van der Waals surface area (Å²) in [6.45, 7) is 5.36. The van der Waals surface area contributed by atoms with Crippen molar-refractivity contribution < 1.29 is 5.21 Å². The maximum atomic E-state index is 8.41. The van der Waals surface area contributed by atoms with Crippen molar-refractivity contribution in [2.45, 2.75) is 45.6 Å². The fourth-order valence-corrected chi connectivity index (χ4v) is 1.65. The summed E-state index contributed by atoms with van der Waals surface area (Å²) in [6.07, 6.45) is 4.53. The van der Waals surface area contributed by atoms with Crippen molar-refractivity contribution in [3.05, 3.63) is 0 Å². The van der Waals surface area contributed by atoms with Crippen LogP contribution in [0.15, 0.2) is 5.16 Å². The van der Waals surface area contributed by atoms with Crippen LogP contribution >= 0.6 is 0 Å². The highest BCUT2D eigenvalue weighted by atomic mass is 16.4. The van der Waals surface area contributed by atoms with Gasteiger partial charge in [0.15, 0.2) is 0 Å². The first kappa shape index (κ1) is 11.3. The molecule has 1 rings (SSSR count). The van der Waals surface area contributed by atoms with Crippen LogP contribution in [0, 0.1) is 5.41 Å². The molecule has 0 bridgehead atoms. The van der Waals surface area contributed by atoms with Crippen LogP contribution in [-0.2, 0) is 0 Å². The van der Waals surface area contributed by atoms with Crippen molar-refractivity contribution in [1.82, 2.24) is 5.32 Å². The molecule has 1 aliphatic carbocycles. The lowest BCUT2D eigenvalue weighted by molar-refractivity contribution is 0.315. The molecule has 4 heteroatoms. The van der Waals surface area contributed by atoms with Crippen LogP contribution in [0.3, 0.4) is 0 Å². The maximum absolute atomic E-state index is 8.41. The molecule has 0 radical (unpaired) electrons. The third-order valence-corrected chi connectivity index (χ3v) is 3.18. The predicted octanol–water partition coefficient (Wildman–Crippen LogP) is 1.29. The van der Waals surface area contributed by atoms with Crippen LogP contribution in [0.2, 0.25) is 0 Å². The van der Waals surface area contributed by atoms with Crippen LogP contribution in [0.1, 0.15) is 39.5 Å². The van der Waals surface area contributed by atoms with E-state index in [-0.39, 0.29) is 6.04 Å². The lowest BCUT2D eigenvalue weighted by Crippen LogP contribution is -2.35. The van der Waals surface area contributed by atoms with Gasteiger partial charge in [0, 0.05) is 19.0 Å². The SMILES string of the molecule is CCC1(CNC(C)CC(N)=NO)CC1. The zero-order valence-corrected chi connectivity index (χ0v) is 9.08. The second-order valence-corrected chi connectivity index (χ2v) is 4.43. The molecule has 0 amide bonds. The summed E-state index contributed by atoms with van der Waals surface area (Å²) < 4.78 is 0. The van der Waals surface area contributed by atoms with Crippen LogP contribution in [0.25, 0.3) is 0 Å². The molecule has 0 saturated heterocycles. The second kappa shape index (κ2) is 4.64. The summed E-state index contributed by atoms with van der Waals surface area (Å²) in [5, 5.41) is 14.8. The Hall–Kier alpha value is -0.770. The average Bonchev–Trinajstić information content (AvgIpc) is 2.95. The van der Waals surface area contributed by atoms with Gasteiger partial charge in [-0.3, -0.25) is 0 Å². The zero-order valence-electron chi connectivity index (χ0n) is 9.08. The normalized spacial score (nSPS) is 22.0. The number of amidine groups is 1. The molecule has 1 fully saturated rings. The summed E-state index contributed by atoms with van der Waals surface area (Å²) in [7, 11) is 0. The van der Waals surface area contributed by atoms with E-state index in [0.717, 1.165) is 6.54 Å². The maximum Gasteiger partial charge on any atom is 0.140 e. The topological polar surface area (TPSA) is 70.6 Å². The van der Waals surface area contributed by atoms with Gasteiger partial charge in [-0.1, -0.05) is 12.1 Å². The number of nitrogens with two attached hydrogens (primary N) is 1. The molecule has 4 N–H and O–H groups in total. The van der Waals surface area contributed by atoms with E-state index in [2.05, 4.69) is 24.3 Å². The Kier molecular flexibility index (Phi) is 3.75. The Morgan fingerprint density at radius 3 is 2.71 bits per heavy atom. The number of hydrogen-bond donors (Lipinski definition) is 3. The summed E-state index contributed by atoms with van der Waals surface area (Å²) in [4.78, 5) is 0. The highest BCUT2D eigenvalue weighted by molar-refractivity contribution is 5.80. The summed E-state index contributed by atoms with van der Waals surface area (Å²) in [5.74, 6) is 0.298. The van der Waals surface area contributed by atoms with Crippen molar-refractivity contribution in [1.29, 1.82) is 0 Å². The number of hydrogen-bond acceptors (Lipinski definition) is 3. The standard InChI is InChI=1S/C10H21N3O/c1-3-10(4-5-10)7-12-8(2)6-9(11)13-14/h8,12,14H,3-7H2,1-2H3,(H2,11,13). The van der Waals surface area contributed by atoms with Gasteiger partial charge < -0.3 is 16.3 Å². The quantitative estimate of drug-likeness (QED) is 0.261. The monoisotopic (exact) mass is 199 g/mol. The van der Waals surface area contributed by atoms with E-state index in [1.165, 1.54) is 19.3 Å². The van der Waals surface area contributed by atoms with Gasteiger partial charge >= 0.3 is 0 Å². The fourth-order valence-electron chi connectivity index (χ4n) is 1.65. The average molecular weight is 199 g/mol. The smallest absolute Gasteiger partial charge is 0.140 e. The molecule has 1 saturated carbocycles. The molecule has 1 aliphatic rings. The molecule has 0 aromatic carbocycles. The van der Waals surface area contributed by atoms with E-state index in [1.807, 2.05) is 0 Å². The minimum Gasteiger partial charge on any atom is -0.409 e. The van der Waals surface area contributed by atoms with Crippen molar-refractivity contribution >= 4 is 5.84 Å². The first-order valence-electron chi connectivity index (χ1n) is 5.31. The van der Waals surface area contributed by atoms with E-state index in [9.17, 15) is 0 Å². The first-order valence-corrected chi connectivity index (χ1v) is 5.31. The molecule has 1 atom stereocenters. The molecular weight excluding hydrogens is 178 g/mol. The van der Waals surface area contributed by atoms with Crippen molar-refractivity contribution in [2.24, 2.45) is 16.3 Å². The Morgan fingerprint density at radius 2 is 2.29 bits per heavy atom. The van der Waals surface area contributed by atoms with E-state index >= 15 is 0 Å². The molecule has 14 heavy (non-hydrogen) atoms. The molecule has 0 aliphatic heterocycles. The van der Waals surface area contributed by atoms with Crippen LogP contribution < -0.4 is 11.1 Å². The minimum absolute atomic E-state index is 0.287. The number of nitrogens with zero attached hydrogens (tertiary/aromatic N) is 1. The summed E-state index contributed by atoms with van der Waals surface area (Å²) in [6, 6.07) is 0.287. The predicted molar refractivity (Wildman–Crippen MR) is 57.4 cm³/mol. The Morgan fingerprint density at radius 1 is 1.64 bits per heavy atom. The molecule has 0 aromatic heterocycles. The van der Waals surface area contributed by atoms with E-state index < -0.39 is 0 Å². The first-order chi connectivity index (χ1) is 6.62. The van der Waals surface area contributed by atoms with Crippen molar-refractivity contribution in [3.8, 4) is 0 Å². The lowest BCUT2D eigenvalue weighted by Gasteiger charge is -2.18. The lowest BCUT2D eigenvalue weighted by atomic mass is 10.0. The van der Waals surface area contributed by atoms with E-state index in [4.69, 9.17) is 10.9 Å². The van der Waals surface area contributed by atoms with Crippen LogP contribution in [-0.4, -0.2) is 23.6 Å². The number of rotatable bonds is 6. The van der Waals surface area contributed by atoms with Gasteiger partial charge in [0.1, 0.15) is 5.84 Å².